The van der Waals surface area contributed by atoms with Gasteiger partial charge in [-0.05, 0) is 18.2 Å². The van der Waals surface area contributed by atoms with Crippen LogP contribution in [0.1, 0.15) is 10.6 Å². The van der Waals surface area contributed by atoms with Gasteiger partial charge < -0.3 is 19.4 Å². The number of nitrogens with zero attached hydrogens (tertiary/aromatic N) is 2. The molecule has 0 radical (unpaired) electrons. The number of hydrogen-bond donors (Lipinski definition) is 1. The number of methoxy groups -OCH3 is 1. The summed E-state index contributed by atoms with van der Waals surface area (Å²) in [5.74, 6) is -1.00. The molecule has 0 spiro atoms. The van der Waals surface area contributed by atoms with Gasteiger partial charge in [-0.3, -0.25) is 19.7 Å². The number of anilines is 1. The van der Waals surface area contributed by atoms with Crippen LogP contribution in [0.25, 0.3) is 0 Å². The molecule has 1 aromatic carbocycles. The van der Waals surface area contributed by atoms with E-state index in [2.05, 4.69) is 5.32 Å². The van der Waals surface area contributed by atoms with E-state index in [0.717, 1.165) is 6.07 Å². The summed E-state index contributed by atoms with van der Waals surface area (Å²) in [4.78, 5) is 35.6. The van der Waals surface area contributed by atoms with Crippen LogP contribution >= 0.6 is 0 Å². The van der Waals surface area contributed by atoms with Gasteiger partial charge in [-0.2, -0.15) is 0 Å². The molecule has 9 nitrogen and oxygen atoms in total. The number of furan rings is 1. The molecule has 3 rings (SSSR count). The maximum atomic E-state index is 12.2. The van der Waals surface area contributed by atoms with Gasteiger partial charge in [0.05, 0.1) is 19.1 Å². The van der Waals surface area contributed by atoms with Crippen LogP contribution in [0, 0.1) is 16.0 Å². The molecule has 1 aliphatic rings. The van der Waals surface area contributed by atoms with Crippen molar-refractivity contribution in [2.75, 3.05) is 25.5 Å². The largest absolute Gasteiger partial charge is 0.497 e. The summed E-state index contributed by atoms with van der Waals surface area (Å²) in [7, 11) is 1.54. The van der Waals surface area contributed by atoms with Gasteiger partial charge in [0.25, 0.3) is 5.91 Å². The zero-order valence-electron chi connectivity index (χ0n) is 13.3. The molecule has 1 N–H and O–H groups in total. The first-order valence-electron chi connectivity index (χ1n) is 7.46. The highest BCUT2D eigenvalue weighted by molar-refractivity contribution is 5.97. The van der Waals surface area contributed by atoms with Crippen LogP contribution in [0.3, 0.4) is 0 Å². The average molecular weight is 345 g/mol. The first kappa shape index (κ1) is 16.5. The summed E-state index contributed by atoms with van der Waals surface area (Å²) in [5, 5.41) is 13.3. The van der Waals surface area contributed by atoms with Crippen molar-refractivity contribution in [2.24, 2.45) is 5.92 Å². The molecule has 0 aliphatic carbocycles. The topological polar surface area (TPSA) is 115 Å². The summed E-state index contributed by atoms with van der Waals surface area (Å²) < 4.78 is 9.97. The summed E-state index contributed by atoms with van der Waals surface area (Å²) in [6.45, 7) is 0.451. The van der Waals surface area contributed by atoms with Gasteiger partial charge in [0, 0.05) is 24.8 Å². The van der Waals surface area contributed by atoms with Crippen molar-refractivity contribution >= 4 is 23.4 Å². The second-order valence-corrected chi connectivity index (χ2v) is 5.52. The minimum Gasteiger partial charge on any atom is -0.497 e. The number of nitrogens with one attached hydrogen (secondary N) is 1. The van der Waals surface area contributed by atoms with E-state index in [4.69, 9.17) is 9.15 Å². The fraction of sp³-hybridized carbons (Fsp3) is 0.250. The van der Waals surface area contributed by atoms with Crippen molar-refractivity contribution in [2.45, 2.75) is 0 Å². The molecule has 130 valence electrons. The predicted octanol–water partition coefficient (Wildman–Crippen LogP) is 1.91. The minimum atomic E-state index is -0.711. The zero-order chi connectivity index (χ0) is 18.0. The van der Waals surface area contributed by atoms with Gasteiger partial charge >= 0.3 is 5.88 Å². The van der Waals surface area contributed by atoms with E-state index in [9.17, 15) is 19.7 Å². The fourth-order valence-corrected chi connectivity index (χ4v) is 2.45. The van der Waals surface area contributed by atoms with Crippen LogP contribution in [-0.4, -0.2) is 41.8 Å². The molecule has 1 saturated heterocycles. The number of nitro groups is 1. The molecule has 9 heteroatoms. The Morgan fingerprint density at radius 1 is 1.32 bits per heavy atom. The standard InChI is InChI=1S/C16H15N3O6/c1-24-12-4-2-3-11(7-12)17-15(20)10-8-18(9-10)16(21)13-5-6-14(25-13)19(22)23/h2-7,10H,8-9H2,1H3,(H,17,20). The number of amides is 2. The van der Waals surface area contributed by atoms with Crippen LogP contribution in [0.4, 0.5) is 11.6 Å². The molecule has 0 atom stereocenters. The average Bonchev–Trinajstić information content (AvgIpc) is 3.03. The van der Waals surface area contributed by atoms with Crippen molar-refractivity contribution in [3.63, 3.8) is 0 Å². The molecule has 2 heterocycles. The molecule has 25 heavy (non-hydrogen) atoms. The normalized spacial score (nSPS) is 13.9. The van der Waals surface area contributed by atoms with Gasteiger partial charge in [-0.1, -0.05) is 6.07 Å². The number of carbonyl (C=O) groups excluding carboxylic acids is 2. The highest BCUT2D eigenvalue weighted by Crippen LogP contribution is 2.24. The van der Waals surface area contributed by atoms with Crippen molar-refractivity contribution in [1.29, 1.82) is 0 Å². The van der Waals surface area contributed by atoms with E-state index in [0.29, 0.717) is 11.4 Å². The minimum absolute atomic E-state index is 0.113. The van der Waals surface area contributed by atoms with E-state index >= 15 is 0 Å². The third-order valence-corrected chi connectivity index (χ3v) is 3.86. The predicted molar refractivity (Wildman–Crippen MR) is 86.4 cm³/mol. The second kappa shape index (κ2) is 6.63. The number of hydrogen-bond acceptors (Lipinski definition) is 6. The second-order valence-electron chi connectivity index (χ2n) is 5.52. The lowest BCUT2D eigenvalue weighted by Crippen LogP contribution is -2.54. The number of ether oxygens (including phenoxy) is 1. The van der Waals surface area contributed by atoms with E-state index in [1.165, 1.54) is 18.1 Å². The van der Waals surface area contributed by atoms with Crippen LogP contribution in [0.5, 0.6) is 5.75 Å². The summed E-state index contributed by atoms with van der Waals surface area (Å²) in [5.41, 5.74) is 0.607. The van der Waals surface area contributed by atoms with E-state index in [1.54, 1.807) is 24.3 Å². The van der Waals surface area contributed by atoms with E-state index < -0.39 is 16.7 Å². The Labute approximate surface area is 142 Å². The lowest BCUT2D eigenvalue weighted by molar-refractivity contribution is -0.402. The maximum Gasteiger partial charge on any atom is 0.433 e. The van der Waals surface area contributed by atoms with Crippen molar-refractivity contribution in [3.8, 4) is 5.75 Å². The van der Waals surface area contributed by atoms with Gasteiger partial charge in [0.15, 0.2) is 5.76 Å². The molecule has 0 bridgehead atoms. The summed E-state index contributed by atoms with van der Waals surface area (Å²) in [6, 6.07) is 9.34. The third kappa shape index (κ3) is 3.44. The highest BCUT2D eigenvalue weighted by atomic mass is 16.6. The Kier molecular flexibility index (Phi) is 4.38. The molecule has 2 amide bonds. The van der Waals surface area contributed by atoms with E-state index in [1.807, 2.05) is 0 Å². The molecule has 0 saturated carbocycles. The Balaban J connectivity index is 1.55. The molecule has 0 unspecified atom stereocenters. The number of rotatable bonds is 5. The Morgan fingerprint density at radius 2 is 2.08 bits per heavy atom. The number of carbonyl (C=O) groups is 2. The Bertz CT molecular complexity index is 825. The van der Waals surface area contributed by atoms with Gasteiger partial charge in [-0.15, -0.1) is 0 Å². The van der Waals surface area contributed by atoms with Crippen LogP contribution in [0.2, 0.25) is 0 Å². The van der Waals surface area contributed by atoms with Crippen LogP contribution < -0.4 is 10.1 Å². The molecular formula is C16H15N3O6. The Hall–Kier alpha value is -3.36. The lowest BCUT2D eigenvalue weighted by Gasteiger charge is -2.37. The highest BCUT2D eigenvalue weighted by Gasteiger charge is 2.37. The quantitative estimate of drug-likeness (QED) is 0.654. The van der Waals surface area contributed by atoms with Crippen LogP contribution in [-0.2, 0) is 4.79 Å². The number of likely N-dealkylation sites (tertiary alicyclic amines) is 1. The molecule has 2 aromatic rings. The lowest BCUT2D eigenvalue weighted by atomic mass is 9.98. The molecule has 1 aromatic heterocycles. The first-order chi connectivity index (χ1) is 12.0. The van der Waals surface area contributed by atoms with E-state index in [-0.39, 0.29) is 30.7 Å². The van der Waals surface area contributed by atoms with Crippen molar-refractivity contribution < 1.29 is 23.7 Å². The molecule has 1 fully saturated rings. The van der Waals surface area contributed by atoms with Crippen molar-refractivity contribution in [1.82, 2.24) is 4.90 Å². The summed E-state index contributed by atoms with van der Waals surface area (Å²) in [6.07, 6.45) is 0. The van der Waals surface area contributed by atoms with Gasteiger partial charge in [0.2, 0.25) is 5.91 Å². The van der Waals surface area contributed by atoms with Gasteiger partial charge in [0.1, 0.15) is 10.7 Å². The third-order valence-electron chi connectivity index (χ3n) is 3.86. The monoisotopic (exact) mass is 345 g/mol. The maximum absolute atomic E-state index is 12.2. The van der Waals surface area contributed by atoms with Gasteiger partial charge in [-0.25, -0.2) is 0 Å². The number of benzene rings is 1. The fourth-order valence-electron chi connectivity index (χ4n) is 2.45. The smallest absolute Gasteiger partial charge is 0.433 e. The first-order valence-corrected chi connectivity index (χ1v) is 7.46. The molecular weight excluding hydrogens is 330 g/mol. The SMILES string of the molecule is COc1cccc(NC(=O)C2CN(C(=O)c3ccc([N+](=O)[O-])o3)C2)c1. The Morgan fingerprint density at radius 3 is 2.72 bits per heavy atom. The van der Waals surface area contributed by atoms with Crippen LogP contribution in [0.15, 0.2) is 40.8 Å². The summed E-state index contributed by atoms with van der Waals surface area (Å²) >= 11 is 0. The van der Waals surface area contributed by atoms with Crippen molar-refractivity contribution in [3.05, 3.63) is 52.3 Å². The zero-order valence-corrected chi connectivity index (χ0v) is 13.3. The molecule has 1 aliphatic heterocycles.